The Bertz CT molecular complexity index is 763. The third-order valence-corrected chi connectivity index (χ3v) is 4.45. The van der Waals surface area contributed by atoms with Crippen molar-refractivity contribution in [1.82, 2.24) is 0 Å². The molecule has 0 saturated heterocycles. The first-order chi connectivity index (χ1) is 9.92. The Morgan fingerprint density at radius 1 is 0.650 bits per heavy atom. The van der Waals surface area contributed by atoms with Crippen LogP contribution in [0.25, 0.3) is 21.9 Å². The summed E-state index contributed by atoms with van der Waals surface area (Å²) in [5.41, 5.74) is 5.83. The molecule has 0 radical (unpaired) electrons. The number of benzene rings is 3. The number of hydrogen-bond donors (Lipinski definition) is 0. The van der Waals surface area contributed by atoms with Crippen molar-refractivity contribution < 1.29 is 0 Å². The molecule has 0 nitrogen and oxygen atoms in total. The van der Waals surface area contributed by atoms with Crippen LogP contribution >= 0.6 is 0 Å². The second-order valence-electron chi connectivity index (χ2n) is 5.72. The standard InChI is InChI=1S/C20H18/c1-2-8-17-14-18(13-12-15(17)6-1)20-11-5-9-16-7-3-4-10-19(16)20/h3-5,7,9-14H,1-2,6,8H2. The molecule has 0 unspecified atom stereocenters. The summed E-state index contributed by atoms with van der Waals surface area (Å²) < 4.78 is 0. The van der Waals surface area contributed by atoms with Crippen LogP contribution in [0.3, 0.4) is 0 Å². The van der Waals surface area contributed by atoms with Gasteiger partial charge in [-0.25, -0.2) is 0 Å². The minimum atomic E-state index is 1.24. The second-order valence-corrected chi connectivity index (χ2v) is 5.72. The first-order valence-electron chi connectivity index (χ1n) is 7.52. The lowest BCUT2D eigenvalue weighted by Crippen LogP contribution is -2.02. The van der Waals surface area contributed by atoms with Crippen molar-refractivity contribution in [3.63, 3.8) is 0 Å². The maximum Gasteiger partial charge on any atom is -0.0105 e. The Morgan fingerprint density at radius 3 is 2.40 bits per heavy atom. The molecule has 0 N–H and O–H groups in total. The van der Waals surface area contributed by atoms with Crippen molar-refractivity contribution in [2.75, 3.05) is 0 Å². The lowest BCUT2D eigenvalue weighted by Gasteiger charge is -2.17. The zero-order valence-corrected chi connectivity index (χ0v) is 11.6. The quantitative estimate of drug-likeness (QED) is 0.549. The predicted octanol–water partition coefficient (Wildman–Crippen LogP) is 5.39. The summed E-state index contributed by atoms with van der Waals surface area (Å²) in [6, 6.07) is 22.3. The van der Waals surface area contributed by atoms with Crippen LogP contribution in [0.15, 0.2) is 60.7 Å². The van der Waals surface area contributed by atoms with E-state index in [0.717, 1.165) is 0 Å². The van der Waals surface area contributed by atoms with Gasteiger partial charge in [0.05, 0.1) is 0 Å². The minimum absolute atomic E-state index is 1.24. The van der Waals surface area contributed by atoms with E-state index in [4.69, 9.17) is 0 Å². The van der Waals surface area contributed by atoms with Crippen LogP contribution in [-0.2, 0) is 12.8 Å². The van der Waals surface area contributed by atoms with E-state index in [1.165, 1.54) is 47.6 Å². The van der Waals surface area contributed by atoms with E-state index in [1.54, 1.807) is 11.1 Å². The molecule has 0 fully saturated rings. The number of fused-ring (bicyclic) bond motifs is 2. The van der Waals surface area contributed by atoms with Crippen LogP contribution in [0.5, 0.6) is 0 Å². The molecule has 20 heavy (non-hydrogen) atoms. The fourth-order valence-corrected chi connectivity index (χ4v) is 3.38. The van der Waals surface area contributed by atoms with Gasteiger partial charge in [-0.3, -0.25) is 0 Å². The largest absolute Gasteiger partial charge is 0.0616 e. The van der Waals surface area contributed by atoms with Crippen molar-refractivity contribution in [2.24, 2.45) is 0 Å². The molecule has 0 heteroatoms. The lowest BCUT2D eigenvalue weighted by atomic mass is 9.88. The molecule has 1 aliphatic carbocycles. The smallest absolute Gasteiger partial charge is 0.0105 e. The minimum Gasteiger partial charge on any atom is -0.0616 e. The van der Waals surface area contributed by atoms with E-state index in [2.05, 4.69) is 60.7 Å². The SMILES string of the molecule is c1ccc2c(-c3ccc4c(c3)CCCC4)cccc2c1. The highest BCUT2D eigenvalue weighted by atomic mass is 14.2. The van der Waals surface area contributed by atoms with Gasteiger partial charge in [-0.05, 0) is 58.7 Å². The van der Waals surface area contributed by atoms with E-state index < -0.39 is 0 Å². The summed E-state index contributed by atoms with van der Waals surface area (Å²) in [7, 11) is 0. The normalized spacial score (nSPS) is 14.2. The van der Waals surface area contributed by atoms with Crippen molar-refractivity contribution in [1.29, 1.82) is 0 Å². The topological polar surface area (TPSA) is 0 Å². The van der Waals surface area contributed by atoms with Crippen LogP contribution in [0, 0.1) is 0 Å². The Kier molecular flexibility index (Phi) is 2.81. The van der Waals surface area contributed by atoms with Gasteiger partial charge in [0, 0.05) is 0 Å². The number of hydrogen-bond acceptors (Lipinski definition) is 0. The fraction of sp³-hybridized carbons (Fsp3) is 0.200. The van der Waals surface area contributed by atoms with Gasteiger partial charge in [0.25, 0.3) is 0 Å². The maximum atomic E-state index is 2.41. The first-order valence-corrected chi connectivity index (χ1v) is 7.52. The van der Waals surface area contributed by atoms with Gasteiger partial charge in [-0.1, -0.05) is 60.7 Å². The van der Waals surface area contributed by atoms with Crippen molar-refractivity contribution in [3.8, 4) is 11.1 Å². The highest BCUT2D eigenvalue weighted by Gasteiger charge is 2.11. The summed E-state index contributed by atoms with van der Waals surface area (Å²) in [6.07, 6.45) is 5.19. The molecule has 0 saturated carbocycles. The Morgan fingerprint density at radius 2 is 1.45 bits per heavy atom. The summed E-state index contributed by atoms with van der Waals surface area (Å²) in [6.45, 7) is 0. The molecular weight excluding hydrogens is 240 g/mol. The first kappa shape index (κ1) is 11.7. The molecule has 0 aliphatic heterocycles. The third-order valence-electron chi connectivity index (χ3n) is 4.45. The summed E-state index contributed by atoms with van der Waals surface area (Å²) in [4.78, 5) is 0. The van der Waals surface area contributed by atoms with Crippen LogP contribution < -0.4 is 0 Å². The molecule has 0 spiro atoms. The zero-order chi connectivity index (χ0) is 13.4. The van der Waals surface area contributed by atoms with Crippen molar-refractivity contribution >= 4 is 10.8 Å². The second kappa shape index (κ2) is 4.79. The lowest BCUT2D eigenvalue weighted by molar-refractivity contribution is 0.686. The Balaban J connectivity index is 1.91. The van der Waals surface area contributed by atoms with E-state index in [-0.39, 0.29) is 0 Å². The highest BCUT2D eigenvalue weighted by Crippen LogP contribution is 2.31. The van der Waals surface area contributed by atoms with E-state index in [0.29, 0.717) is 0 Å². The molecule has 1 aliphatic rings. The van der Waals surface area contributed by atoms with E-state index in [1.807, 2.05) is 0 Å². The van der Waals surface area contributed by atoms with Crippen LogP contribution in [0.2, 0.25) is 0 Å². The van der Waals surface area contributed by atoms with Crippen LogP contribution in [-0.4, -0.2) is 0 Å². The fourth-order valence-electron chi connectivity index (χ4n) is 3.38. The van der Waals surface area contributed by atoms with Crippen LogP contribution in [0.4, 0.5) is 0 Å². The van der Waals surface area contributed by atoms with Gasteiger partial charge >= 0.3 is 0 Å². The zero-order valence-electron chi connectivity index (χ0n) is 11.6. The van der Waals surface area contributed by atoms with Crippen LogP contribution in [0.1, 0.15) is 24.0 Å². The average Bonchev–Trinajstić information content (AvgIpc) is 2.54. The van der Waals surface area contributed by atoms with E-state index in [9.17, 15) is 0 Å². The molecule has 3 aromatic rings. The molecule has 0 heterocycles. The third kappa shape index (κ3) is 1.92. The summed E-state index contributed by atoms with van der Waals surface area (Å²) in [5, 5.41) is 2.67. The summed E-state index contributed by atoms with van der Waals surface area (Å²) in [5.74, 6) is 0. The molecule has 0 amide bonds. The molecule has 4 rings (SSSR count). The average molecular weight is 258 g/mol. The molecule has 0 bridgehead atoms. The Labute approximate surface area is 120 Å². The molecule has 0 atom stereocenters. The van der Waals surface area contributed by atoms with E-state index >= 15 is 0 Å². The van der Waals surface area contributed by atoms with Gasteiger partial charge in [-0.2, -0.15) is 0 Å². The molecule has 3 aromatic carbocycles. The molecule has 98 valence electrons. The van der Waals surface area contributed by atoms with Gasteiger partial charge in [0.15, 0.2) is 0 Å². The van der Waals surface area contributed by atoms with Gasteiger partial charge in [-0.15, -0.1) is 0 Å². The predicted molar refractivity (Wildman–Crippen MR) is 86.0 cm³/mol. The molecule has 0 aromatic heterocycles. The maximum absolute atomic E-state index is 2.41. The molecular formula is C20H18. The number of aryl methyl sites for hydroxylation is 2. The Hall–Kier alpha value is -2.08. The van der Waals surface area contributed by atoms with Gasteiger partial charge in [0.1, 0.15) is 0 Å². The van der Waals surface area contributed by atoms with Gasteiger partial charge in [0.2, 0.25) is 0 Å². The summed E-state index contributed by atoms with van der Waals surface area (Å²) >= 11 is 0. The van der Waals surface area contributed by atoms with Crippen molar-refractivity contribution in [3.05, 3.63) is 71.8 Å². The van der Waals surface area contributed by atoms with Gasteiger partial charge < -0.3 is 0 Å². The highest BCUT2D eigenvalue weighted by molar-refractivity contribution is 5.96. The monoisotopic (exact) mass is 258 g/mol. The number of rotatable bonds is 1. The van der Waals surface area contributed by atoms with Crippen molar-refractivity contribution in [2.45, 2.75) is 25.7 Å².